The lowest BCUT2D eigenvalue weighted by Crippen LogP contribution is -2.30. The van der Waals surface area contributed by atoms with Crippen LogP contribution < -0.4 is 5.32 Å². The summed E-state index contributed by atoms with van der Waals surface area (Å²) in [6.45, 7) is 7.15. The zero-order valence-electron chi connectivity index (χ0n) is 15.7. The summed E-state index contributed by atoms with van der Waals surface area (Å²) in [4.78, 5) is 37.4. The Bertz CT molecular complexity index is 819. The third kappa shape index (κ3) is 4.75. The number of hydrogen-bond acceptors (Lipinski definition) is 4. The molecular formula is C20H24N2O5. The lowest BCUT2D eigenvalue weighted by Gasteiger charge is -2.18. The maximum atomic E-state index is 12.3. The number of amides is 2. The van der Waals surface area contributed by atoms with E-state index in [4.69, 9.17) is 9.52 Å². The van der Waals surface area contributed by atoms with Crippen LogP contribution in [0.5, 0.6) is 0 Å². The van der Waals surface area contributed by atoms with Crippen molar-refractivity contribution in [3.8, 4) is 0 Å². The minimum Gasteiger partial charge on any atom is -0.478 e. The molecule has 0 aliphatic heterocycles. The van der Waals surface area contributed by atoms with Gasteiger partial charge in [-0.15, -0.1) is 0 Å². The molecule has 1 aromatic heterocycles. The Balaban J connectivity index is 2.01. The molecule has 2 aromatic rings. The van der Waals surface area contributed by atoms with Crippen molar-refractivity contribution < 1.29 is 23.9 Å². The summed E-state index contributed by atoms with van der Waals surface area (Å²) >= 11 is 0. The molecule has 0 aliphatic carbocycles. The first-order valence-corrected chi connectivity index (χ1v) is 8.93. The molecule has 2 N–H and O–H groups in total. The van der Waals surface area contributed by atoms with Crippen LogP contribution in [0, 0.1) is 0 Å². The molecular weight excluding hydrogens is 348 g/mol. The van der Waals surface area contributed by atoms with Gasteiger partial charge in [0.15, 0.2) is 5.76 Å². The molecule has 0 aliphatic rings. The Morgan fingerprint density at radius 3 is 2.19 bits per heavy atom. The van der Waals surface area contributed by atoms with Crippen LogP contribution in [0.3, 0.4) is 0 Å². The predicted molar refractivity (Wildman–Crippen MR) is 99.9 cm³/mol. The monoisotopic (exact) mass is 372 g/mol. The smallest absolute Gasteiger partial charge is 0.339 e. The van der Waals surface area contributed by atoms with E-state index in [0.717, 1.165) is 5.56 Å². The van der Waals surface area contributed by atoms with Crippen LogP contribution in [-0.4, -0.2) is 40.9 Å². The van der Waals surface area contributed by atoms with Crippen LogP contribution in [0.25, 0.3) is 0 Å². The summed E-state index contributed by atoms with van der Waals surface area (Å²) in [7, 11) is 0. The number of nitrogens with zero attached hydrogens (tertiary/aromatic N) is 1. The average Bonchev–Trinajstić information content (AvgIpc) is 3.12. The number of carboxylic acids is 1. The Kier molecular flexibility index (Phi) is 6.76. The van der Waals surface area contributed by atoms with Crippen LogP contribution >= 0.6 is 0 Å². The third-order valence-corrected chi connectivity index (χ3v) is 4.29. The van der Waals surface area contributed by atoms with Crippen LogP contribution in [-0.2, 0) is 13.0 Å². The zero-order chi connectivity index (χ0) is 20.0. The summed E-state index contributed by atoms with van der Waals surface area (Å²) in [5.41, 5.74) is 1.42. The molecule has 1 heterocycles. The topological polar surface area (TPSA) is 99.9 Å². The fourth-order valence-electron chi connectivity index (χ4n) is 2.71. The number of furan rings is 1. The fraction of sp³-hybridized carbons (Fsp3) is 0.350. The molecule has 7 heteroatoms. The first kappa shape index (κ1) is 20.2. The lowest BCUT2D eigenvalue weighted by molar-refractivity contribution is 0.0693. The van der Waals surface area contributed by atoms with E-state index in [1.165, 1.54) is 6.07 Å². The number of benzene rings is 1. The summed E-state index contributed by atoms with van der Waals surface area (Å²) in [6, 6.07) is 8.25. The molecule has 2 rings (SSSR count). The largest absolute Gasteiger partial charge is 0.478 e. The first-order chi connectivity index (χ1) is 12.9. The molecule has 27 heavy (non-hydrogen) atoms. The Labute approximate surface area is 158 Å². The van der Waals surface area contributed by atoms with Gasteiger partial charge in [-0.05, 0) is 31.5 Å². The highest BCUT2D eigenvalue weighted by molar-refractivity contribution is 5.96. The molecule has 2 amide bonds. The number of aromatic carboxylic acids is 1. The van der Waals surface area contributed by atoms with Gasteiger partial charge < -0.3 is 19.7 Å². The van der Waals surface area contributed by atoms with Crippen molar-refractivity contribution in [2.75, 3.05) is 13.1 Å². The number of carbonyl (C=O) groups is 3. The van der Waals surface area contributed by atoms with Crippen molar-refractivity contribution in [2.24, 2.45) is 0 Å². The highest BCUT2D eigenvalue weighted by Gasteiger charge is 2.20. The maximum absolute atomic E-state index is 12.3. The van der Waals surface area contributed by atoms with E-state index in [9.17, 15) is 14.4 Å². The van der Waals surface area contributed by atoms with Crippen molar-refractivity contribution in [2.45, 2.75) is 33.7 Å². The molecule has 1 aromatic carbocycles. The minimum atomic E-state index is -1.12. The highest BCUT2D eigenvalue weighted by atomic mass is 16.4. The Morgan fingerprint density at radius 1 is 1.07 bits per heavy atom. The van der Waals surface area contributed by atoms with Gasteiger partial charge in [0.2, 0.25) is 0 Å². The second-order valence-corrected chi connectivity index (χ2v) is 5.96. The van der Waals surface area contributed by atoms with E-state index in [2.05, 4.69) is 5.32 Å². The van der Waals surface area contributed by atoms with Gasteiger partial charge in [-0.1, -0.05) is 19.1 Å². The van der Waals surface area contributed by atoms with E-state index in [-0.39, 0.29) is 29.5 Å². The molecule has 144 valence electrons. The van der Waals surface area contributed by atoms with Crippen molar-refractivity contribution in [1.29, 1.82) is 0 Å². The number of carbonyl (C=O) groups excluding carboxylic acids is 2. The van der Waals surface area contributed by atoms with E-state index in [1.54, 1.807) is 36.1 Å². The van der Waals surface area contributed by atoms with Crippen LogP contribution in [0.15, 0.2) is 34.7 Å². The minimum absolute atomic E-state index is 0.00178. The molecule has 0 saturated heterocycles. The van der Waals surface area contributed by atoms with Gasteiger partial charge in [0.1, 0.15) is 11.3 Å². The van der Waals surface area contributed by atoms with Crippen LogP contribution in [0.2, 0.25) is 0 Å². The third-order valence-electron chi connectivity index (χ3n) is 4.29. The summed E-state index contributed by atoms with van der Waals surface area (Å²) in [6.07, 6.45) is 0.386. The van der Waals surface area contributed by atoms with Gasteiger partial charge in [-0.25, -0.2) is 4.79 Å². The fourth-order valence-corrected chi connectivity index (χ4v) is 2.71. The SMILES string of the molecule is CCc1oc(C(=O)NCc2ccc(C(=O)N(CC)CC)cc2)cc1C(=O)O. The molecule has 0 bridgehead atoms. The Morgan fingerprint density at radius 2 is 1.70 bits per heavy atom. The van der Waals surface area contributed by atoms with Crippen molar-refractivity contribution in [1.82, 2.24) is 10.2 Å². The second kappa shape index (κ2) is 9.02. The van der Waals surface area contributed by atoms with Gasteiger partial charge in [0.05, 0.1) is 0 Å². The quantitative estimate of drug-likeness (QED) is 0.742. The predicted octanol–water partition coefficient (Wildman–Crippen LogP) is 2.95. The van der Waals surface area contributed by atoms with E-state index in [1.807, 2.05) is 13.8 Å². The van der Waals surface area contributed by atoms with Crippen LogP contribution in [0.4, 0.5) is 0 Å². The average molecular weight is 372 g/mol. The normalized spacial score (nSPS) is 10.5. The van der Waals surface area contributed by atoms with Crippen molar-refractivity contribution in [3.63, 3.8) is 0 Å². The molecule has 0 atom stereocenters. The number of hydrogen-bond donors (Lipinski definition) is 2. The summed E-state index contributed by atoms with van der Waals surface area (Å²) < 4.78 is 5.33. The second-order valence-electron chi connectivity index (χ2n) is 5.96. The lowest BCUT2D eigenvalue weighted by atomic mass is 10.1. The number of nitrogens with one attached hydrogen (secondary N) is 1. The molecule has 0 unspecified atom stereocenters. The standard InChI is InChI=1S/C20H24N2O5/c1-4-16-15(20(25)26)11-17(27-16)18(23)21-12-13-7-9-14(10-8-13)19(24)22(5-2)6-3/h7-11H,4-6,12H2,1-3H3,(H,21,23)(H,25,26). The summed E-state index contributed by atoms with van der Waals surface area (Å²) in [5.74, 6) is -1.40. The zero-order valence-corrected chi connectivity index (χ0v) is 15.7. The molecule has 0 spiro atoms. The maximum Gasteiger partial charge on any atom is 0.339 e. The summed E-state index contributed by atoms with van der Waals surface area (Å²) in [5, 5.41) is 11.8. The number of carboxylic acid groups (broad SMARTS) is 1. The van der Waals surface area contributed by atoms with Gasteiger partial charge in [-0.2, -0.15) is 0 Å². The van der Waals surface area contributed by atoms with E-state index < -0.39 is 11.9 Å². The first-order valence-electron chi connectivity index (χ1n) is 8.93. The molecule has 0 radical (unpaired) electrons. The number of aryl methyl sites for hydroxylation is 1. The van der Waals surface area contributed by atoms with Crippen LogP contribution in [0.1, 0.15) is 63.4 Å². The van der Waals surface area contributed by atoms with Gasteiger partial charge in [-0.3, -0.25) is 9.59 Å². The van der Waals surface area contributed by atoms with E-state index >= 15 is 0 Å². The Hall–Kier alpha value is -3.09. The van der Waals surface area contributed by atoms with Crippen molar-refractivity contribution in [3.05, 3.63) is 58.5 Å². The molecule has 7 nitrogen and oxygen atoms in total. The van der Waals surface area contributed by atoms with Gasteiger partial charge in [0.25, 0.3) is 11.8 Å². The molecule has 0 fully saturated rings. The van der Waals surface area contributed by atoms with Crippen molar-refractivity contribution >= 4 is 17.8 Å². The van der Waals surface area contributed by atoms with Gasteiger partial charge in [0, 0.05) is 37.7 Å². The van der Waals surface area contributed by atoms with Gasteiger partial charge >= 0.3 is 5.97 Å². The van der Waals surface area contributed by atoms with E-state index in [0.29, 0.717) is 25.1 Å². The highest BCUT2D eigenvalue weighted by Crippen LogP contribution is 2.17. The number of rotatable bonds is 8. The molecule has 0 saturated carbocycles.